The summed E-state index contributed by atoms with van der Waals surface area (Å²) in [4.78, 5) is 11.0. The van der Waals surface area contributed by atoms with Crippen molar-refractivity contribution < 1.29 is 32.9 Å². The molecule has 0 amide bonds. The van der Waals surface area contributed by atoms with Gasteiger partial charge in [0.25, 0.3) is 0 Å². The first kappa shape index (κ1) is 16.0. The number of rotatable bonds is 5. The second-order valence-corrected chi connectivity index (χ2v) is 6.15. The van der Waals surface area contributed by atoms with E-state index in [1.54, 1.807) is 18.2 Å². The molecule has 2 aliphatic rings. The van der Waals surface area contributed by atoms with Crippen LogP contribution in [-0.2, 0) is 4.79 Å². The van der Waals surface area contributed by atoms with Gasteiger partial charge in [0.1, 0.15) is 35.0 Å². The van der Waals surface area contributed by atoms with Gasteiger partial charge in [-0.3, -0.25) is 4.79 Å². The van der Waals surface area contributed by atoms with Crippen LogP contribution in [0.3, 0.4) is 0 Å². The van der Waals surface area contributed by atoms with Crippen LogP contribution >= 0.6 is 11.6 Å². The predicted molar refractivity (Wildman–Crippen MR) is 82.9 cm³/mol. The molecule has 1 aliphatic carbocycles. The summed E-state index contributed by atoms with van der Waals surface area (Å²) in [6.45, 7) is -2.93. The van der Waals surface area contributed by atoms with E-state index in [4.69, 9.17) is 26.2 Å². The van der Waals surface area contributed by atoms with Crippen LogP contribution in [0.5, 0.6) is 23.0 Å². The van der Waals surface area contributed by atoms with Gasteiger partial charge in [-0.15, -0.1) is 0 Å². The van der Waals surface area contributed by atoms with Gasteiger partial charge in [-0.25, -0.2) is 0 Å². The van der Waals surface area contributed by atoms with Crippen LogP contribution in [0.1, 0.15) is 11.5 Å². The van der Waals surface area contributed by atoms with E-state index in [-0.39, 0.29) is 28.5 Å². The van der Waals surface area contributed by atoms with E-state index in [2.05, 4.69) is 4.74 Å². The SMILES string of the molecule is O=C(O)C1C2Oc3cc(Oc4ccc(OC(F)F)cc4Cl)ccc3C21. The molecule has 25 heavy (non-hydrogen) atoms. The van der Waals surface area contributed by atoms with Crippen LogP contribution in [0.15, 0.2) is 36.4 Å². The Morgan fingerprint density at radius 2 is 1.96 bits per heavy atom. The summed E-state index contributed by atoms with van der Waals surface area (Å²) in [5.74, 6) is -0.236. The zero-order valence-corrected chi connectivity index (χ0v) is 13.2. The summed E-state index contributed by atoms with van der Waals surface area (Å²) < 4.78 is 39.9. The Bertz CT molecular complexity index is 857. The molecular weight excluding hydrogens is 358 g/mol. The van der Waals surface area contributed by atoms with Crippen molar-refractivity contribution in [3.8, 4) is 23.0 Å². The first-order valence-corrected chi connectivity index (χ1v) is 7.77. The fourth-order valence-corrected chi connectivity index (χ4v) is 3.27. The molecule has 2 aromatic carbocycles. The molecule has 2 aromatic rings. The number of fused-ring (bicyclic) bond motifs is 3. The molecule has 130 valence electrons. The summed E-state index contributed by atoms with van der Waals surface area (Å²) >= 11 is 6.02. The third-order valence-corrected chi connectivity index (χ3v) is 4.50. The maximum atomic E-state index is 12.2. The lowest BCUT2D eigenvalue weighted by molar-refractivity contribution is -0.139. The van der Waals surface area contributed by atoms with Crippen LogP contribution in [0, 0.1) is 5.92 Å². The highest BCUT2D eigenvalue weighted by Gasteiger charge is 2.63. The van der Waals surface area contributed by atoms with Crippen molar-refractivity contribution in [3.63, 3.8) is 0 Å². The second kappa shape index (κ2) is 5.77. The van der Waals surface area contributed by atoms with E-state index in [1.165, 1.54) is 18.2 Å². The molecule has 0 aromatic heterocycles. The zero-order chi connectivity index (χ0) is 17.7. The van der Waals surface area contributed by atoms with Crippen molar-refractivity contribution in [2.24, 2.45) is 5.92 Å². The molecule has 5 nitrogen and oxygen atoms in total. The number of ether oxygens (including phenoxy) is 3. The molecule has 1 heterocycles. The molecular formula is C17H11ClF2O5. The Labute approximate surface area is 145 Å². The lowest BCUT2D eigenvalue weighted by Gasteiger charge is -2.12. The molecule has 0 radical (unpaired) electrons. The number of carbonyl (C=O) groups is 1. The number of carboxylic acid groups (broad SMARTS) is 1. The molecule has 1 aliphatic heterocycles. The highest BCUT2D eigenvalue weighted by atomic mass is 35.5. The topological polar surface area (TPSA) is 65.0 Å². The van der Waals surface area contributed by atoms with Gasteiger partial charge in [-0.1, -0.05) is 17.7 Å². The third-order valence-electron chi connectivity index (χ3n) is 4.20. The average molecular weight is 369 g/mol. The van der Waals surface area contributed by atoms with E-state index in [0.717, 1.165) is 5.56 Å². The Kier molecular flexibility index (Phi) is 3.68. The lowest BCUT2D eigenvalue weighted by atomic mass is 10.1. The number of aliphatic carboxylic acids is 1. The monoisotopic (exact) mass is 368 g/mol. The average Bonchev–Trinajstić information content (AvgIpc) is 3.13. The van der Waals surface area contributed by atoms with Crippen LogP contribution < -0.4 is 14.2 Å². The van der Waals surface area contributed by atoms with Gasteiger partial charge in [0, 0.05) is 23.6 Å². The molecule has 0 saturated heterocycles. The highest BCUT2D eigenvalue weighted by Crippen LogP contribution is 2.59. The zero-order valence-electron chi connectivity index (χ0n) is 12.5. The Morgan fingerprint density at radius 1 is 1.20 bits per heavy atom. The summed E-state index contributed by atoms with van der Waals surface area (Å²) in [5, 5.41) is 9.18. The van der Waals surface area contributed by atoms with Crippen LogP contribution in [-0.4, -0.2) is 23.8 Å². The minimum Gasteiger partial charge on any atom is -0.488 e. The Balaban J connectivity index is 1.51. The van der Waals surface area contributed by atoms with Crippen LogP contribution in [0.4, 0.5) is 8.78 Å². The number of halogens is 3. The second-order valence-electron chi connectivity index (χ2n) is 5.74. The quantitative estimate of drug-likeness (QED) is 0.852. The number of hydrogen-bond donors (Lipinski definition) is 1. The van der Waals surface area contributed by atoms with Crippen molar-refractivity contribution in [2.45, 2.75) is 18.6 Å². The Hall–Kier alpha value is -2.54. The predicted octanol–water partition coefficient (Wildman–Crippen LogP) is 4.29. The Morgan fingerprint density at radius 3 is 2.64 bits per heavy atom. The van der Waals surface area contributed by atoms with Crippen molar-refractivity contribution in [3.05, 3.63) is 47.0 Å². The number of hydrogen-bond acceptors (Lipinski definition) is 4. The van der Waals surface area contributed by atoms with E-state index in [9.17, 15) is 13.6 Å². The van der Waals surface area contributed by atoms with Crippen LogP contribution in [0.25, 0.3) is 0 Å². The summed E-state index contributed by atoms with van der Waals surface area (Å²) in [5.41, 5.74) is 0.844. The first-order valence-electron chi connectivity index (χ1n) is 7.39. The molecule has 3 unspecified atom stereocenters. The summed E-state index contributed by atoms with van der Waals surface area (Å²) in [6, 6.07) is 9.08. The minimum atomic E-state index is -2.93. The van der Waals surface area contributed by atoms with Crippen molar-refractivity contribution in [1.29, 1.82) is 0 Å². The van der Waals surface area contributed by atoms with Crippen molar-refractivity contribution in [1.82, 2.24) is 0 Å². The van der Waals surface area contributed by atoms with E-state index >= 15 is 0 Å². The van der Waals surface area contributed by atoms with Gasteiger partial charge >= 0.3 is 12.6 Å². The van der Waals surface area contributed by atoms with E-state index < -0.39 is 18.5 Å². The molecule has 1 fully saturated rings. The van der Waals surface area contributed by atoms with E-state index in [1.807, 2.05) is 0 Å². The van der Waals surface area contributed by atoms with Gasteiger partial charge < -0.3 is 19.3 Å². The normalized spacial score (nSPS) is 22.8. The van der Waals surface area contributed by atoms with Gasteiger partial charge in [0.2, 0.25) is 0 Å². The molecule has 1 saturated carbocycles. The number of benzene rings is 2. The molecule has 0 bridgehead atoms. The fourth-order valence-electron chi connectivity index (χ4n) is 3.06. The largest absolute Gasteiger partial charge is 0.488 e. The number of carboxylic acids is 1. The fraction of sp³-hybridized carbons (Fsp3) is 0.235. The smallest absolute Gasteiger partial charge is 0.387 e. The molecule has 3 atom stereocenters. The minimum absolute atomic E-state index is 0.0653. The van der Waals surface area contributed by atoms with Gasteiger partial charge in [0.05, 0.1) is 5.02 Å². The van der Waals surface area contributed by atoms with Gasteiger partial charge in [-0.2, -0.15) is 8.78 Å². The highest BCUT2D eigenvalue weighted by molar-refractivity contribution is 6.32. The lowest BCUT2D eigenvalue weighted by Crippen LogP contribution is -2.08. The van der Waals surface area contributed by atoms with Crippen LogP contribution in [0.2, 0.25) is 5.02 Å². The van der Waals surface area contributed by atoms with Crippen molar-refractivity contribution in [2.75, 3.05) is 0 Å². The molecule has 8 heteroatoms. The maximum Gasteiger partial charge on any atom is 0.387 e. The molecule has 0 spiro atoms. The van der Waals surface area contributed by atoms with Gasteiger partial charge in [-0.05, 0) is 18.2 Å². The summed E-state index contributed by atoms with van der Waals surface area (Å²) in [7, 11) is 0. The molecule has 4 rings (SSSR count). The standard InChI is InChI=1S/C17H11ClF2O5/c18-10-5-7(24-17(19)20)2-4-11(10)23-8-1-3-9-12(6-8)25-15-13(9)14(15)16(21)22/h1-6,13-15,17H,(H,21,22). The number of alkyl halides is 2. The van der Waals surface area contributed by atoms with Crippen molar-refractivity contribution >= 4 is 17.6 Å². The van der Waals surface area contributed by atoms with E-state index in [0.29, 0.717) is 11.5 Å². The third kappa shape index (κ3) is 2.84. The first-order chi connectivity index (χ1) is 11.9. The van der Waals surface area contributed by atoms with Gasteiger partial charge in [0.15, 0.2) is 0 Å². The maximum absolute atomic E-state index is 12.2. The summed E-state index contributed by atoms with van der Waals surface area (Å²) in [6.07, 6.45) is -0.322. The molecule has 1 N–H and O–H groups in total.